The second kappa shape index (κ2) is 3.66. The highest BCUT2D eigenvalue weighted by Crippen LogP contribution is 2.34. The van der Waals surface area contributed by atoms with Gasteiger partial charge in [0, 0.05) is 21.1 Å². The van der Waals surface area contributed by atoms with Gasteiger partial charge in [-0.1, -0.05) is 0 Å². The van der Waals surface area contributed by atoms with Crippen molar-refractivity contribution in [2.24, 2.45) is 0 Å². The lowest BCUT2D eigenvalue weighted by atomic mass is 10.2. The fourth-order valence-corrected chi connectivity index (χ4v) is 3.38. The zero-order chi connectivity index (χ0) is 11.1. The molecule has 0 amide bonds. The van der Waals surface area contributed by atoms with Crippen molar-refractivity contribution in [1.82, 2.24) is 0 Å². The van der Waals surface area contributed by atoms with Gasteiger partial charge in [-0.3, -0.25) is 0 Å². The summed E-state index contributed by atoms with van der Waals surface area (Å²) in [5.41, 5.74) is 0.895. The Morgan fingerprint density at radius 1 is 1.33 bits per heavy atom. The molecule has 0 aliphatic heterocycles. The first-order chi connectivity index (χ1) is 6.98. The monoisotopic (exact) mass is 262 g/mol. The molecule has 2 rings (SSSR count). The lowest BCUT2D eigenvalue weighted by Gasteiger charge is -1.92. The Labute approximate surface area is 95.7 Å². The van der Waals surface area contributed by atoms with Crippen LogP contribution in [0, 0.1) is 6.92 Å². The molecule has 0 fully saturated rings. The molecule has 0 unspecified atom stereocenters. The highest BCUT2D eigenvalue weighted by Gasteiger charge is 2.15. The molecule has 0 spiro atoms. The average molecular weight is 263 g/mol. The van der Waals surface area contributed by atoms with Crippen molar-refractivity contribution in [2.75, 3.05) is 0 Å². The van der Waals surface area contributed by atoms with Crippen LogP contribution in [0.25, 0.3) is 10.4 Å². The molecule has 0 atom stereocenters. The minimum atomic E-state index is -3.63. The summed E-state index contributed by atoms with van der Waals surface area (Å²) in [6.45, 7) is 1.82. The molecule has 0 bridgehead atoms. The van der Waals surface area contributed by atoms with Crippen molar-refractivity contribution in [2.45, 2.75) is 11.1 Å². The van der Waals surface area contributed by atoms with E-state index in [-0.39, 0.29) is 4.21 Å². The van der Waals surface area contributed by atoms with E-state index in [1.165, 1.54) is 6.07 Å². The second-order valence-electron chi connectivity index (χ2n) is 2.95. The van der Waals surface area contributed by atoms with Crippen LogP contribution < -0.4 is 0 Å². The first-order valence-corrected chi connectivity index (χ1v) is 7.20. The van der Waals surface area contributed by atoms with Gasteiger partial charge in [0.25, 0.3) is 9.05 Å². The van der Waals surface area contributed by atoms with Crippen LogP contribution in [0.1, 0.15) is 5.76 Å². The maximum Gasteiger partial charge on any atom is 0.270 e. The second-order valence-corrected chi connectivity index (χ2v) is 6.82. The standard InChI is InChI=1S/C9H7ClO3S2/c1-6-7(4-5-13-6)8-2-3-9(14-8)15(10,11)12/h2-5H,1H3. The van der Waals surface area contributed by atoms with Crippen LogP contribution in [0.2, 0.25) is 0 Å². The summed E-state index contributed by atoms with van der Waals surface area (Å²) in [4.78, 5) is 0.834. The molecule has 6 heteroatoms. The molecular formula is C9H7ClO3S2. The highest BCUT2D eigenvalue weighted by molar-refractivity contribution is 8.15. The summed E-state index contributed by atoms with van der Waals surface area (Å²) in [5, 5.41) is 0. The predicted molar refractivity (Wildman–Crippen MR) is 59.8 cm³/mol. The number of furan rings is 1. The molecule has 0 aromatic carbocycles. The van der Waals surface area contributed by atoms with Gasteiger partial charge in [0.1, 0.15) is 9.97 Å². The molecule has 0 aliphatic rings. The van der Waals surface area contributed by atoms with E-state index in [9.17, 15) is 8.42 Å². The van der Waals surface area contributed by atoms with Gasteiger partial charge in [-0.2, -0.15) is 0 Å². The molecule has 0 saturated carbocycles. The summed E-state index contributed by atoms with van der Waals surface area (Å²) in [6, 6.07) is 5.01. The molecular weight excluding hydrogens is 256 g/mol. The van der Waals surface area contributed by atoms with E-state index >= 15 is 0 Å². The van der Waals surface area contributed by atoms with E-state index < -0.39 is 9.05 Å². The Bertz CT molecular complexity index is 580. The fourth-order valence-electron chi connectivity index (χ4n) is 1.24. The number of hydrogen-bond acceptors (Lipinski definition) is 4. The molecule has 2 aromatic rings. The highest BCUT2D eigenvalue weighted by atomic mass is 35.7. The zero-order valence-electron chi connectivity index (χ0n) is 7.73. The van der Waals surface area contributed by atoms with E-state index in [0.717, 1.165) is 27.5 Å². The van der Waals surface area contributed by atoms with Gasteiger partial charge in [-0.25, -0.2) is 8.42 Å². The van der Waals surface area contributed by atoms with Gasteiger partial charge in [-0.05, 0) is 25.1 Å². The first-order valence-electron chi connectivity index (χ1n) is 4.07. The summed E-state index contributed by atoms with van der Waals surface area (Å²) >= 11 is 1.13. The van der Waals surface area contributed by atoms with Crippen LogP contribution in [0.3, 0.4) is 0 Å². The van der Waals surface area contributed by atoms with E-state index in [0.29, 0.717) is 0 Å². The zero-order valence-corrected chi connectivity index (χ0v) is 10.1. The maximum atomic E-state index is 11.1. The Balaban J connectivity index is 2.50. The minimum Gasteiger partial charge on any atom is -0.469 e. The van der Waals surface area contributed by atoms with Crippen molar-refractivity contribution in [3.63, 3.8) is 0 Å². The van der Waals surface area contributed by atoms with Crippen LogP contribution >= 0.6 is 22.0 Å². The van der Waals surface area contributed by atoms with Crippen LogP contribution in [-0.2, 0) is 9.05 Å². The summed E-state index contributed by atoms with van der Waals surface area (Å²) in [5.74, 6) is 0.760. The molecule has 2 heterocycles. The van der Waals surface area contributed by atoms with Crippen molar-refractivity contribution < 1.29 is 12.8 Å². The lowest BCUT2D eigenvalue weighted by Crippen LogP contribution is -1.83. The topological polar surface area (TPSA) is 47.3 Å². The summed E-state index contributed by atoms with van der Waals surface area (Å²) in [7, 11) is 1.61. The van der Waals surface area contributed by atoms with Crippen molar-refractivity contribution in [1.29, 1.82) is 0 Å². The van der Waals surface area contributed by atoms with Crippen LogP contribution in [0.15, 0.2) is 33.1 Å². The smallest absolute Gasteiger partial charge is 0.270 e. The largest absolute Gasteiger partial charge is 0.469 e. The molecule has 2 aromatic heterocycles. The maximum absolute atomic E-state index is 11.1. The predicted octanol–water partition coefficient (Wildman–Crippen LogP) is 3.24. The van der Waals surface area contributed by atoms with Crippen molar-refractivity contribution in [3.8, 4) is 10.4 Å². The van der Waals surface area contributed by atoms with Gasteiger partial charge in [0.2, 0.25) is 0 Å². The molecule has 3 nitrogen and oxygen atoms in total. The molecule has 0 N–H and O–H groups in total. The van der Waals surface area contributed by atoms with E-state index in [1.807, 2.05) is 6.92 Å². The van der Waals surface area contributed by atoms with Crippen LogP contribution in [0.4, 0.5) is 0 Å². The molecule has 80 valence electrons. The average Bonchev–Trinajstić information content (AvgIpc) is 2.69. The van der Waals surface area contributed by atoms with Crippen molar-refractivity contribution >= 4 is 31.1 Å². The Morgan fingerprint density at radius 2 is 2.07 bits per heavy atom. The van der Waals surface area contributed by atoms with Crippen molar-refractivity contribution in [3.05, 3.63) is 30.2 Å². The van der Waals surface area contributed by atoms with Crippen LogP contribution in [-0.4, -0.2) is 8.42 Å². The molecule has 0 saturated heterocycles. The third-order valence-corrected chi connectivity index (χ3v) is 5.16. The van der Waals surface area contributed by atoms with E-state index in [2.05, 4.69) is 0 Å². The number of aryl methyl sites for hydroxylation is 1. The first kappa shape index (κ1) is 10.7. The van der Waals surface area contributed by atoms with E-state index in [4.69, 9.17) is 15.1 Å². The van der Waals surface area contributed by atoms with Gasteiger partial charge < -0.3 is 4.42 Å². The van der Waals surface area contributed by atoms with E-state index in [1.54, 1.807) is 18.4 Å². The fraction of sp³-hybridized carbons (Fsp3) is 0.111. The van der Waals surface area contributed by atoms with Gasteiger partial charge in [-0.15, -0.1) is 11.3 Å². The molecule has 0 radical (unpaired) electrons. The third kappa shape index (κ3) is 2.09. The third-order valence-electron chi connectivity index (χ3n) is 1.95. The quantitative estimate of drug-likeness (QED) is 0.781. The number of rotatable bonds is 2. The Hall–Kier alpha value is -0.780. The van der Waals surface area contributed by atoms with Gasteiger partial charge in [0.05, 0.1) is 6.26 Å². The number of halogens is 1. The molecule has 15 heavy (non-hydrogen) atoms. The van der Waals surface area contributed by atoms with Gasteiger partial charge >= 0.3 is 0 Å². The Morgan fingerprint density at radius 3 is 2.53 bits per heavy atom. The summed E-state index contributed by atoms with van der Waals surface area (Å²) in [6.07, 6.45) is 1.57. The Kier molecular flexibility index (Phi) is 2.62. The summed E-state index contributed by atoms with van der Waals surface area (Å²) < 4.78 is 27.4. The SMILES string of the molecule is Cc1occc1-c1ccc(S(=O)(=O)Cl)s1. The van der Waals surface area contributed by atoms with Crippen LogP contribution in [0.5, 0.6) is 0 Å². The van der Waals surface area contributed by atoms with Gasteiger partial charge in [0.15, 0.2) is 0 Å². The molecule has 0 aliphatic carbocycles. The lowest BCUT2D eigenvalue weighted by molar-refractivity contribution is 0.535. The minimum absolute atomic E-state index is 0.153. The number of thiophene rings is 1. The number of hydrogen-bond donors (Lipinski definition) is 0. The normalized spacial score (nSPS) is 11.9.